The van der Waals surface area contributed by atoms with E-state index in [2.05, 4.69) is 66.1 Å². The predicted octanol–water partition coefficient (Wildman–Crippen LogP) is 3.05. The maximum absolute atomic E-state index is 13.4. The van der Waals surface area contributed by atoms with Crippen molar-refractivity contribution in [2.45, 2.75) is 37.6 Å². The molecule has 2 heterocycles. The number of carbonyl (C=O) groups excluding carboxylic acids is 1. The van der Waals surface area contributed by atoms with E-state index in [4.69, 9.17) is 4.74 Å². The molecule has 2 aromatic carbocycles. The molecule has 0 saturated carbocycles. The van der Waals surface area contributed by atoms with Crippen LogP contribution in [0.5, 0.6) is 0 Å². The summed E-state index contributed by atoms with van der Waals surface area (Å²) in [5.74, 6) is 0.125. The topological polar surface area (TPSA) is 50.4 Å². The number of benzene rings is 2. The molecule has 2 aromatic rings. The molecule has 0 aliphatic carbocycles. The Labute approximate surface area is 161 Å². The minimum absolute atomic E-state index is 0.125. The summed E-state index contributed by atoms with van der Waals surface area (Å²) in [5.41, 5.74) is 4.52. The highest BCUT2D eigenvalue weighted by atomic mass is 16.5. The number of hydrogen-bond donors (Lipinski definition) is 2. The van der Waals surface area contributed by atoms with Crippen molar-refractivity contribution in [2.75, 3.05) is 26.3 Å². The van der Waals surface area contributed by atoms with Gasteiger partial charge >= 0.3 is 0 Å². The van der Waals surface area contributed by atoms with Gasteiger partial charge in [-0.2, -0.15) is 0 Å². The van der Waals surface area contributed by atoms with Gasteiger partial charge < -0.3 is 15.4 Å². The second-order valence-corrected chi connectivity index (χ2v) is 7.73. The maximum Gasteiger partial charge on any atom is 0.230 e. The van der Waals surface area contributed by atoms with Gasteiger partial charge in [0.15, 0.2) is 0 Å². The second kappa shape index (κ2) is 7.83. The lowest BCUT2D eigenvalue weighted by Gasteiger charge is -2.37. The third-order valence-corrected chi connectivity index (χ3v) is 6.07. The molecule has 4 rings (SSSR count). The quantitative estimate of drug-likeness (QED) is 0.877. The van der Waals surface area contributed by atoms with Crippen LogP contribution in [0.3, 0.4) is 0 Å². The molecule has 4 nitrogen and oxygen atoms in total. The molecule has 0 aromatic heterocycles. The highest BCUT2D eigenvalue weighted by molar-refractivity contribution is 5.88. The summed E-state index contributed by atoms with van der Waals surface area (Å²) >= 11 is 0. The third kappa shape index (κ3) is 3.64. The number of carbonyl (C=O) groups is 1. The molecular formula is C23H28N2O2. The molecule has 2 aliphatic rings. The molecule has 0 spiro atoms. The predicted molar refractivity (Wildman–Crippen MR) is 107 cm³/mol. The molecule has 0 bridgehead atoms. The van der Waals surface area contributed by atoms with E-state index in [1.807, 2.05) is 0 Å². The minimum Gasteiger partial charge on any atom is -0.381 e. The fourth-order valence-electron chi connectivity index (χ4n) is 4.38. The number of amides is 1. The molecular weight excluding hydrogens is 336 g/mol. The molecule has 142 valence electrons. The molecule has 2 N–H and O–H groups in total. The fourth-order valence-corrected chi connectivity index (χ4v) is 4.38. The van der Waals surface area contributed by atoms with E-state index in [1.165, 1.54) is 16.7 Å². The van der Waals surface area contributed by atoms with E-state index >= 15 is 0 Å². The number of hydrogen-bond acceptors (Lipinski definition) is 3. The number of nitrogens with one attached hydrogen (secondary N) is 2. The van der Waals surface area contributed by atoms with Gasteiger partial charge in [0.05, 0.1) is 5.41 Å². The lowest BCUT2D eigenvalue weighted by Crippen LogP contribution is -2.50. The van der Waals surface area contributed by atoms with Crippen LogP contribution in [-0.2, 0) is 21.4 Å². The van der Waals surface area contributed by atoms with Crippen molar-refractivity contribution < 1.29 is 9.53 Å². The Balaban J connectivity index is 1.52. The van der Waals surface area contributed by atoms with E-state index in [0.717, 1.165) is 31.4 Å². The number of aryl methyl sites for hydroxylation is 1. The van der Waals surface area contributed by atoms with Crippen molar-refractivity contribution in [1.82, 2.24) is 10.6 Å². The van der Waals surface area contributed by atoms with Gasteiger partial charge in [0.25, 0.3) is 0 Å². The van der Waals surface area contributed by atoms with Crippen LogP contribution in [-0.4, -0.2) is 32.2 Å². The Hall–Kier alpha value is -2.17. The van der Waals surface area contributed by atoms with Crippen LogP contribution in [0.15, 0.2) is 48.5 Å². The summed E-state index contributed by atoms with van der Waals surface area (Å²) in [6.45, 7) is 4.91. The Morgan fingerprint density at radius 2 is 1.89 bits per heavy atom. The highest BCUT2D eigenvalue weighted by Gasteiger charge is 2.41. The standard InChI is InChI=1S/C23H28N2O2/c1-17-6-8-19(9-7-17)23(11-14-27-15-12-23)22(26)25-16-21-20-5-3-2-4-18(20)10-13-24-21/h2-9,21,24H,10-16H2,1H3,(H,25,26). The molecule has 1 atom stereocenters. The van der Waals surface area contributed by atoms with E-state index < -0.39 is 5.41 Å². The molecule has 1 fully saturated rings. The third-order valence-electron chi connectivity index (χ3n) is 6.07. The van der Waals surface area contributed by atoms with Crippen molar-refractivity contribution >= 4 is 5.91 Å². The number of rotatable bonds is 4. The van der Waals surface area contributed by atoms with Crippen molar-refractivity contribution in [3.05, 3.63) is 70.8 Å². The lowest BCUT2D eigenvalue weighted by atomic mass is 9.73. The van der Waals surface area contributed by atoms with Crippen molar-refractivity contribution in [1.29, 1.82) is 0 Å². The number of ether oxygens (including phenoxy) is 1. The SMILES string of the molecule is Cc1ccc(C2(C(=O)NCC3NCCc4ccccc43)CCOCC2)cc1. The summed E-state index contributed by atoms with van der Waals surface area (Å²) in [7, 11) is 0. The van der Waals surface area contributed by atoms with Crippen LogP contribution in [0, 0.1) is 6.92 Å². The molecule has 2 aliphatic heterocycles. The smallest absolute Gasteiger partial charge is 0.230 e. The second-order valence-electron chi connectivity index (χ2n) is 7.73. The van der Waals surface area contributed by atoms with Crippen molar-refractivity contribution in [2.24, 2.45) is 0 Å². The summed E-state index contributed by atoms with van der Waals surface area (Å²) in [4.78, 5) is 13.4. The van der Waals surface area contributed by atoms with Crippen LogP contribution in [0.4, 0.5) is 0 Å². The minimum atomic E-state index is -0.486. The zero-order valence-electron chi connectivity index (χ0n) is 16.0. The summed E-state index contributed by atoms with van der Waals surface area (Å²) in [6, 6.07) is 17.1. The van der Waals surface area contributed by atoms with Crippen LogP contribution in [0.1, 0.15) is 41.1 Å². The largest absolute Gasteiger partial charge is 0.381 e. The van der Waals surface area contributed by atoms with Crippen LogP contribution < -0.4 is 10.6 Å². The molecule has 27 heavy (non-hydrogen) atoms. The Morgan fingerprint density at radius 3 is 2.67 bits per heavy atom. The van der Waals surface area contributed by atoms with E-state index in [0.29, 0.717) is 19.8 Å². The van der Waals surface area contributed by atoms with Crippen LogP contribution in [0.2, 0.25) is 0 Å². The lowest BCUT2D eigenvalue weighted by molar-refractivity contribution is -0.130. The normalized spacial score (nSPS) is 21.3. The first kappa shape index (κ1) is 18.2. The van der Waals surface area contributed by atoms with Gasteiger partial charge in [0.1, 0.15) is 0 Å². The summed E-state index contributed by atoms with van der Waals surface area (Å²) < 4.78 is 5.57. The molecule has 1 unspecified atom stereocenters. The fraction of sp³-hybridized carbons (Fsp3) is 0.435. The van der Waals surface area contributed by atoms with Crippen molar-refractivity contribution in [3.8, 4) is 0 Å². The summed E-state index contributed by atoms with van der Waals surface area (Å²) in [6.07, 6.45) is 2.51. The average molecular weight is 364 g/mol. The van der Waals surface area contributed by atoms with Crippen LogP contribution in [0.25, 0.3) is 0 Å². The van der Waals surface area contributed by atoms with Crippen molar-refractivity contribution in [3.63, 3.8) is 0 Å². The molecule has 4 heteroatoms. The first-order valence-corrected chi connectivity index (χ1v) is 9.93. The van der Waals surface area contributed by atoms with Crippen LogP contribution >= 0.6 is 0 Å². The molecule has 1 amide bonds. The maximum atomic E-state index is 13.4. The highest BCUT2D eigenvalue weighted by Crippen LogP contribution is 2.35. The molecule has 1 saturated heterocycles. The monoisotopic (exact) mass is 364 g/mol. The Kier molecular flexibility index (Phi) is 5.28. The first-order valence-electron chi connectivity index (χ1n) is 9.93. The van der Waals surface area contributed by atoms with Gasteiger partial charge in [-0.15, -0.1) is 0 Å². The zero-order valence-corrected chi connectivity index (χ0v) is 16.0. The first-order chi connectivity index (χ1) is 13.2. The van der Waals surface area contributed by atoms with E-state index in [-0.39, 0.29) is 11.9 Å². The van der Waals surface area contributed by atoms with E-state index in [1.54, 1.807) is 0 Å². The van der Waals surface area contributed by atoms with Gasteiger partial charge in [-0.1, -0.05) is 54.1 Å². The zero-order chi connectivity index (χ0) is 18.7. The van der Waals surface area contributed by atoms with Gasteiger partial charge in [-0.3, -0.25) is 4.79 Å². The Morgan fingerprint density at radius 1 is 1.15 bits per heavy atom. The van der Waals surface area contributed by atoms with Gasteiger partial charge in [-0.25, -0.2) is 0 Å². The average Bonchev–Trinajstić information content (AvgIpc) is 2.73. The van der Waals surface area contributed by atoms with Gasteiger partial charge in [0, 0.05) is 25.8 Å². The summed E-state index contributed by atoms with van der Waals surface area (Å²) in [5, 5.41) is 6.81. The molecule has 0 radical (unpaired) electrons. The Bertz CT molecular complexity index is 794. The van der Waals surface area contributed by atoms with E-state index in [9.17, 15) is 4.79 Å². The number of fused-ring (bicyclic) bond motifs is 1. The van der Waals surface area contributed by atoms with Gasteiger partial charge in [-0.05, 0) is 49.4 Å². The van der Waals surface area contributed by atoms with Gasteiger partial charge in [0.2, 0.25) is 5.91 Å².